The number of piperazine rings is 1. The highest BCUT2D eigenvalue weighted by Crippen LogP contribution is 2.10. The molecule has 0 aliphatic carbocycles. The molecular weight excluding hydrogens is 198 g/mol. The van der Waals surface area contributed by atoms with E-state index in [2.05, 4.69) is 37.5 Å². The highest BCUT2D eigenvalue weighted by atomic mass is 15.3. The minimum Gasteiger partial charge on any atom is -0.326 e. The molecular formula is C13H29N3. The van der Waals surface area contributed by atoms with E-state index in [9.17, 15) is 0 Å². The van der Waals surface area contributed by atoms with Gasteiger partial charge in [0.05, 0.1) is 0 Å². The number of nitrogens with zero attached hydrogens (tertiary/aromatic N) is 2. The molecule has 0 bridgehead atoms. The van der Waals surface area contributed by atoms with Crippen LogP contribution in [0.1, 0.15) is 34.1 Å². The first-order chi connectivity index (χ1) is 7.54. The van der Waals surface area contributed by atoms with Crippen LogP contribution in [0.5, 0.6) is 0 Å². The molecule has 1 rings (SSSR count). The van der Waals surface area contributed by atoms with Crippen molar-refractivity contribution in [3.8, 4) is 0 Å². The summed E-state index contributed by atoms with van der Waals surface area (Å²) in [6, 6.07) is 1.03. The predicted octanol–water partition coefficient (Wildman–Crippen LogP) is 1.39. The standard InChI is InChI=1S/C13H29N3/c1-5-12(4)13(14)10-15-6-8-16(9-7-15)11(2)3/h11-13H,5-10,14H2,1-4H3/t12-,13+/m1/s1. The predicted molar refractivity (Wildman–Crippen MR) is 70.6 cm³/mol. The van der Waals surface area contributed by atoms with E-state index < -0.39 is 0 Å². The van der Waals surface area contributed by atoms with Gasteiger partial charge in [-0.1, -0.05) is 20.3 Å². The van der Waals surface area contributed by atoms with Gasteiger partial charge in [-0.2, -0.15) is 0 Å². The molecule has 0 unspecified atom stereocenters. The second-order valence-corrected chi connectivity index (χ2v) is 5.48. The van der Waals surface area contributed by atoms with Crippen molar-refractivity contribution in [1.82, 2.24) is 9.80 Å². The van der Waals surface area contributed by atoms with Gasteiger partial charge in [-0.15, -0.1) is 0 Å². The Morgan fingerprint density at radius 2 is 1.62 bits per heavy atom. The fourth-order valence-electron chi connectivity index (χ4n) is 2.24. The number of rotatable bonds is 5. The van der Waals surface area contributed by atoms with E-state index >= 15 is 0 Å². The zero-order valence-corrected chi connectivity index (χ0v) is 11.4. The summed E-state index contributed by atoms with van der Waals surface area (Å²) >= 11 is 0. The fourth-order valence-corrected chi connectivity index (χ4v) is 2.24. The third kappa shape index (κ3) is 4.04. The average molecular weight is 227 g/mol. The van der Waals surface area contributed by atoms with Crippen LogP contribution in [-0.2, 0) is 0 Å². The highest BCUT2D eigenvalue weighted by Gasteiger charge is 2.21. The van der Waals surface area contributed by atoms with Gasteiger partial charge in [0.25, 0.3) is 0 Å². The second kappa shape index (κ2) is 6.58. The highest BCUT2D eigenvalue weighted by molar-refractivity contribution is 4.79. The SMILES string of the molecule is CC[C@@H](C)[C@@H](N)CN1CCN(C(C)C)CC1. The number of nitrogens with two attached hydrogens (primary N) is 1. The van der Waals surface area contributed by atoms with Gasteiger partial charge in [-0.25, -0.2) is 0 Å². The largest absolute Gasteiger partial charge is 0.326 e. The molecule has 0 aromatic rings. The van der Waals surface area contributed by atoms with Crippen molar-refractivity contribution in [2.75, 3.05) is 32.7 Å². The topological polar surface area (TPSA) is 32.5 Å². The Kier molecular flexibility index (Phi) is 5.73. The zero-order chi connectivity index (χ0) is 12.1. The maximum absolute atomic E-state index is 6.20. The van der Waals surface area contributed by atoms with Crippen LogP contribution >= 0.6 is 0 Å². The summed E-state index contributed by atoms with van der Waals surface area (Å²) in [5.41, 5.74) is 6.20. The van der Waals surface area contributed by atoms with Crippen LogP contribution in [0.3, 0.4) is 0 Å². The normalized spacial score (nSPS) is 23.6. The third-order valence-electron chi connectivity index (χ3n) is 3.98. The Morgan fingerprint density at radius 3 is 2.06 bits per heavy atom. The zero-order valence-electron chi connectivity index (χ0n) is 11.4. The number of hydrogen-bond acceptors (Lipinski definition) is 3. The van der Waals surface area contributed by atoms with E-state index in [4.69, 9.17) is 5.73 Å². The molecule has 1 fully saturated rings. The molecule has 1 heterocycles. The Morgan fingerprint density at radius 1 is 1.06 bits per heavy atom. The van der Waals surface area contributed by atoms with E-state index in [1.807, 2.05) is 0 Å². The molecule has 1 aliphatic rings. The minimum absolute atomic E-state index is 0.343. The molecule has 0 saturated carbocycles. The second-order valence-electron chi connectivity index (χ2n) is 5.48. The van der Waals surface area contributed by atoms with Crippen LogP contribution in [-0.4, -0.2) is 54.6 Å². The van der Waals surface area contributed by atoms with Crippen molar-refractivity contribution in [3.05, 3.63) is 0 Å². The molecule has 3 nitrogen and oxygen atoms in total. The Labute approximate surface area is 101 Å². The number of hydrogen-bond donors (Lipinski definition) is 1. The lowest BCUT2D eigenvalue weighted by Crippen LogP contribution is -2.52. The Bertz CT molecular complexity index is 186. The van der Waals surface area contributed by atoms with Crippen molar-refractivity contribution in [1.29, 1.82) is 0 Å². The van der Waals surface area contributed by atoms with Gasteiger partial charge >= 0.3 is 0 Å². The van der Waals surface area contributed by atoms with Gasteiger partial charge in [0.1, 0.15) is 0 Å². The lowest BCUT2D eigenvalue weighted by molar-refractivity contribution is 0.0995. The van der Waals surface area contributed by atoms with Crippen molar-refractivity contribution < 1.29 is 0 Å². The van der Waals surface area contributed by atoms with Gasteiger partial charge < -0.3 is 5.73 Å². The molecule has 0 aromatic heterocycles. The molecule has 0 amide bonds. The van der Waals surface area contributed by atoms with Crippen LogP contribution < -0.4 is 5.73 Å². The summed E-state index contributed by atoms with van der Waals surface area (Å²) in [6.45, 7) is 14.9. The Balaban J connectivity index is 2.26. The first kappa shape index (κ1) is 13.9. The van der Waals surface area contributed by atoms with E-state index in [1.54, 1.807) is 0 Å². The van der Waals surface area contributed by atoms with E-state index in [1.165, 1.54) is 32.6 Å². The van der Waals surface area contributed by atoms with Crippen molar-refractivity contribution in [2.24, 2.45) is 11.7 Å². The van der Waals surface area contributed by atoms with E-state index in [-0.39, 0.29) is 0 Å². The molecule has 0 aromatic carbocycles. The van der Waals surface area contributed by atoms with Gasteiger partial charge in [0.2, 0.25) is 0 Å². The minimum atomic E-state index is 0.343. The molecule has 3 heteroatoms. The van der Waals surface area contributed by atoms with Crippen LogP contribution in [0.4, 0.5) is 0 Å². The van der Waals surface area contributed by atoms with Crippen LogP contribution in [0, 0.1) is 5.92 Å². The van der Waals surface area contributed by atoms with Crippen LogP contribution in [0.2, 0.25) is 0 Å². The van der Waals surface area contributed by atoms with Gasteiger partial charge in [-0.3, -0.25) is 9.80 Å². The summed E-state index contributed by atoms with van der Waals surface area (Å²) in [7, 11) is 0. The molecule has 2 atom stereocenters. The van der Waals surface area contributed by atoms with Gasteiger partial charge in [-0.05, 0) is 19.8 Å². The van der Waals surface area contributed by atoms with Crippen molar-refractivity contribution >= 4 is 0 Å². The average Bonchev–Trinajstić information content (AvgIpc) is 2.28. The van der Waals surface area contributed by atoms with Gasteiger partial charge in [0.15, 0.2) is 0 Å². The fraction of sp³-hybridized carbons (Fsp3) is 1.00. The lowest BCUT2D eigenvalue weighted by atomic mass is 9.99. The monoisotopic (exact) mass is 227 g/mol. The van der Waals surface area contributed by atoms with Gasteiger partial charge in [0, 0.05) is 44.8 Å². The Hall–Kier alpha value is -0.120. The van der Waals surface area contributed by atoms with E-state index in [0.717, 1.165) is 6.54 Å². The van der Waals surface area contributed by atoms with E-state index in [0.29, 0.717) is 18.0 Å². The smallest absolute Gasteiger partial charge is 0.0193 e. The lowest BCUT2D eigenvalue weighted by Gasteiger charge is -2.38. The van der Waals surface area contributed by atoms with Crippen molar-refractivity contribution in [2.45, 2.75) is 46.2 Å². The third-order valence-corrected chi connectivity index (χ3v) is 3.98. The van der Waals surface area contributed by atoms with Crippen LogP contribution in [0.25, 0.3) is 0 Å². The summed E-state index contributed by atoms with van der Waals surface area (Å²) in [6.07, 6.45) is 1.19. The summed E-state index contributed by atoms with van der Waals surface area (Å²) in [4.78, 5) is 5.07. The maximum Gasteiger partial charge on any atom is 0.0193 e. The molecule has 1 saturated heterocycles. The molecule has 2 N–H and O–H groups in total. The molecule has 1 aliphatic heterocycles. The maximum atomic E-state index is 6.20. The first-order valence-electron chi connectivity index (χ1n) is 6.76. The molecule has 96 valence electrons. The molecule has 0 spiro atoms. The molecule has 16 heavy (non-hydrogen) atoms. The summed E-state index contributed by atoms with van der Waals surface area (Å²) in [5, 5.41) is 0. The quantitative estimate of drug-likeness (QED) is 0.770. The van der Waals surface area contributed by atoms with Crippen molar-refractivity contribution in [3.63, 3.8) is 0 Å². The first-order valence-corrected chi connectivity index (χ1v) is 6.76. The van der Waals surface area contributed by atoms with Crippen LogP contribution in [0.15, 0.2) is 0 Å². The molecule has 0 radical (unpaired) electrons. The summed E-state index contributed by atoms with van der Waals surface area (Å²) in [5.74, 6) is 0.642. The summed E-state index contributed by atoms with van der Waals surface area (Å²) < 4.78 is 0.